The third-order valence-corrected chi connectivity index (χ3v) is 8.64. The van der Waals surface area contributed by atoms with Crippen LogP contribution < -0.4 is 15.5 Å². The molecule has 1 saturated carbocycles. The highest BCUT2D eigenvalue weighted by atomic mass is 16.5. The van der Waals surface area contributed by atoms with Crippen molar-refractivity contribution in [2.24, 2.45) is 5.41 Å². The average molecular weight is 455 g/mol. The lowest BCUT2D eigenvalue weighted by atomic mass is 9.66. The van der Waals surface area contributed by atoms with Crippen LogP contribution in [0.1, 0.15) is 43.4 Å². The highest BCUT2D eigenvalue weighted by molar-refractivity contribution is 6.36. The summed E-state index contributed by atoms with van der Waals surface area (Å²) in [6.07, 6.45) is 7.40. The molecule has 0 aromatic carbocycles. The Morgan fingerprint density at radius 3 is 2.50 bits per heavy atom. The third-order valence-electron chi connectivity index (χ3n) is 8.64. The predicted molar refractivity (Wildman–Crippen MR) is 129 cm³/mol. The van der Waals surface area contributed by atoms with Gasteiger partial charge in [0.15, 0.2) is 5.82 Å². The molecule has 34 heavy (non-hydrogen) atoms. The Morgan fingerprint density at radius 2 is 1.74 bits per heavy atom. The van der Waals surface area contributed by atoms with E-state index in [4.69, 9.17) is 45.9 Å². The summed E-state index contributed by atoms with van der Waals surface area (Å²) in [5, 5.41) is 0. The van der Waals surface area contributed by atoms with Gasteiger partial charge < -0.3 is 25.0 Å². The van der Waals surface area contributed by atoms with Crippen LogP contribution in [-0.4, -0.2) is 86.2 Å². The molecule has 2 N–H and O–H groups in total. The molecule has 4 aliphatic heterocycles. The van der Waals surface area contributed by atoms with E-state index in [1.54, 1.807) is 12.3 Å². The monoisotopic (exact) mass is 455 g/mol. The Hall–Kier alpha value is -2.39. The van der Waals surface area contributed by atoms with Crippen molar-refractivity contribution >= 4 is 33.4 Å². The molecular formula is C23H27B2N7O2. The van der Waals surface area contributed by atoms with Crippen molar-refractivity contribution in [1.29, 1.82) is 0 Å². The lowest BCUT2D eigenvalue weighted by Crippen LogP contribution is -2.69. The summed E-state index contributed by atoms with van der Waals surface area (Å²) in [7, 11) is 12.2. The summed E-state index contributed by atoms with van der Waals surface area (Å²) >= 11 is 0. The minimum Gasteiger partial charge on any atom is -0.384 e. The first kappa shape index (κ1) is 20.9. The summed E-state index contributed by atoms with van der Waals surface area (Å²) in [5.41, 5.74) is 6.83. The maximum Gasteiger partial charge on any atom is 0.231 e. The van der Waals surface area contributed by atoms with Gasteiger partial charge in [0.05, 0.1) is 60.2 Å². The molecule has 0 amide bonds. The minimum absolute atomic E-state index is 0.248. The number of anilines is 3. The second-order valence-electron chi connectivity index (χ2n) is 10.4. The number of hydrogen-bond acceptors (Lipinski definition) is 9. The normalized spacial score (nSPS) is 33.8. The Labute approximate surface area is 201 Å². The molecule has 1 spiro atoms. The largest absolute Gasteiger partial charge is 0.384 e. The van der Waals surface area contributed by atoms with Gasteiger partial charge >= 0.3 is 0 Å². The zero-order valence-electron chi connectivity index (χ0n) is 19.1. The summed E-state index contributed by atoms with van der Waals surface area (Å²) in [4.78, 5) is 24.0. The zero-order valence-corrected chi connectivity index (χ0v) is 19.1. The van der Waals surface area contributed by atoms with Crippen LogP contribution in [-0.2, 0) is 9.47 Å². The molecule has 1 aliphatic carbocycles. The van der Waals surface area contributed by atoms with Gasteiger partial charge in [-0.25, -0.2) is 4.98 Å². The van der Waals surface area contributed by atoms with Crippen molar-refractivity contribution in [3.63, 3.8) is 0 Å². The van der Waals surface area contributed by atoms with Gasteiger partial charge in [-0.05, 0) is 37.3 Å². The maximum absolute atomic E-state index is 6.10. The number of aromatic nitrogens is 4. The second kappa shape index (κ2) is 7.55. The van der Waals surface area contributed by atoms with Crippen LogP contribution >= 0.6 is 0 Å². The fourth-order valence-electron chi connectivity index (χ4n) is 7.06. The van der Waals surface area contributed by atoms with E-state index >= 15 is 0 Å². The number of nitrogen functional groups attached to an aromatic ring is 1. The topological polar surface area (TPSA) is 103 Å². The van der Waals surface area contributed by atoms with Crippen LogP contribution in [0.4, 0.5) is 17.7 Å². The summed E-state index contributed by atoms with van der Waals surface area (Å²) in [6.45, 7) is 2.95. The SMILES string of the molecule is [B]C([B])c1cc(N)ncc1-c1nc(N2C3CCC2COC3)nc(N2C3CCCC34COCC24)n1. The number of hydrogen-bond donors (Lipinski definition) is 1. The van der Waals surface area contributed by atoms with E-state index in [9.17, 15) is 0 Å². The highest BCUT2D eigenvalue weighted by Crippen LogP contribution is 2.58. The minimum atomic E-state index is -0.724. The molecular weight excluding hydrogens is 428 g/mol. The molecule has 4 radical (unpaired) electrons. The molecule has 5 unspecified atom stereocenters. The molecule has 5 atom stereocenters. The maximum atomic E-state index is 6.10. The van der Waals surface area contributed by atoms with Crippen molar-refractivity contribution in [3.05, 3.63) is 17.8 Å². The molecule has 5 fully saturated rings. The van der Waals surface area contributed by atoms with Gasteiger partial charge in [0, 0.05) is 23.2 Å². The van der Waals surface area contributed by atoms with E-state index in [0.29, 0.717) is 60.0 Å². The number of fused-ring (bicyclic) bond motifs is 2. The van der Waals surface area contributed by atoms with E-state index in [1.165, 1.54) is 12.8 Å². The highest BCUT2D eigenvalue weighted by Gasteiger charge is 2.66. The number of rotatable bonds is 4. The van der Waals surface area contributed by atoms with Crippen LogP contribution in [0.2, 0.25) is 0 Å². The molecule has 11 heteroatoms. The van der Waals surface area contributed by atoms with E-state index in [0.717, 1.165) is 32.5 Å². The van der Waals surface area contributed by atoms with E-state index < -0.39 is 5.72 Å². The van der Waals surface area contributed by atoms with E-state index in [-0.39, 0.29) is 17.5 Å². The van der Waals surface area contributed by atoms with Gasteiger partial charge in [-0.2, -0.15) is 15.0 Å². The van der Waals surface area contributed by atoms with Crippen molar-refractivity contribution in [2.75, 3.05) is 42.0 Å². The zero-order chi connectivity index (χ0) is 23.0. The van der Waals surface area contributed by atoms with Gasteiger partial charge in [-0.1, -0.05) is 12.1 Å². The Kier molecular flexibility index (Phi) is 4.65. The number of morpholine rings is 1. The number of nitrogens with two attached hydrogens (primary N) is 1. The van der Waals surface area contributed by atoms with Gasteiger partial charge in [0.2, 0.25) is 11.9 Å². The number of pyridine rings is 1. The molecule has 9 nitrogen and oxygen atoms in total. The Balaban J connectivity index is 1.37. The van der Waals surface area contributed by atoms with Crippen molar-refractivity contribution in [3.8, 4) is 11.4 Å². The molecule has 6 heterocycles. The molecule has 5 aliphatic rings. The van der Waals surface area contributed by atoms with Crippen molar-refractivity contribution in [2.45, 2.75) is 62.0 Å². The summed E-state index contributed by atoms with van der Waals surface area (Å²) in [6, 6.07) is 2.98. The van der Waals surface area contributed by atoms with Crippen LogP contribution in [0.15, 0.2) is 12.3 Å². The van der Waals surface area contributed by atoms with Gasteiger partial charge in [-0.3, -0.25) is 0 Å². The van der Waals surface area contributed by atoms with Crippen molar-refractivity contribution < 1.29 is 9.47 Å². The Morgan fingerprint density at radius 1 is 0.971 bits per heavy atom. The summed E-state index contributed by atoms with van der Waals surface area (Å²) < 4.78 is 11.8. The van der Waals surface area contributed by atoms with E-state index in [1.807, 2.05) is 0 Å². The average Bonchev–Trinajstić information content (AvgIpc) is 3.45. The molecule has 172 valence electrons. The molecule has 4 saturated heterocycles. The summed E-state index contributed by atoms with van der Waals surface area (Å²) in [5.74, 6) is 2.29. The predicted octanol–water partition coefficient (Wildman–Crippen LogP) is 0.977. The molecule has 2 aromatic rings. The van der Waals surface area contributed by atoms with Gasteiger partial charge in [-0.15, -0.1) is 0 Å². The second-order valence-corrected chi connectivity index (χ2v) is 10.4. The van der Waals surface area contributed by atoms with E-state index in [2.05, 4.69) is 14.8 Å². The Bertz CT molecular complexity index is 1100. The lowest BCUT2D eigenvalue weighted by Gasteiger charge is -2.56. The van der Waals surface area contributed by atoms with Gasteiger partial charge in [0.25, 0.3) is 0 Å². The first-order chi connectivity index (χ1) is 16.5. The molecule has 2 bridgehead atoms. The first-order valence-corrected chi connectivity index (χ1v) is 12.3. The number of nitrogens with zero attached hydrogens (tertiary/aromatic N) is 6. The standard InChI is InChI=1S/C23H27B2N7O2/c24-19(25)14-6-18(26)27-7-15(14)20-28-21(31-12-3-4-13(31)9-33-8-12)30-22(29-20)32-16-2-1-5-23(16)11-34-10-17(23)32/h6-7,12-13,16-17,19H,1-5,8-11H2,(H2,26,27). The molecule has 2 aromatic heterocycles. The fraction of sp³-hybridized carbons (Fsp3) is 0.652. The van der Waals surface area contributed by atoms with Crippen LogP contribution in [0.5, 0.6) is 0 Å². The lowest BCUT2D eigenvalue weighted by molar-refractivity contribution is 0.0895. The quantitative estimate of drug-likeness (QED) is 0.676. The third kappa shape index (κ3) is 2.89. The number of ether oxygens (including phenoxy) is 2. The van der Waals surface area contributed by atoms with Crippen LogP contribution in [0, 0.1) is 5.41 Å². The van der Waals surface area contributed by atoms with Gasteiger partial charge in [0.1, 0.15) is 5.82 Å². The van der Waals surface area contributed by atoms with Crippen molar-refractivity contribution in [1.82, 2.24) is 19.9 Å². The molecule has 7 rings (SSSR count). The fourth-order valence-corrected chi connectivity index (χ4v) is 7.06. The van der Waals surface area contributed by atoms with Crippen LogP contribution in [0.3, 0.4) is 0 Å². The van der Waals surface area contributed by atoms with Crippen LogP contribution in [0.25, 0.3) is 11.4 Å². The first-order valence-electron chi connectivity index (χ1n) is 12.3. The smallest absolute Gasteiger partial charge is 0.231 e.